The molecule has 0 saturated carbocycles. The van der Waals surface area contributed by atoms with Crippen molar-refractivity contribution in [2.24, 2.45) is 0 Å². The minimum Gasteiger partial charge on any atom is -0.431 e. The fraction of sp³-hybridized carbons (Fsp3) is 0.105. The third-order valence-corrected chi connectivity index (χ3v) is 9.37. The van der Waals surface area contributed by atoms with Crippen molar-refractivity contribution in [2.75, 3.05) is 0 Å². The molecule has 10 nitrogen and oxygen atoms in total. The first-order chi connectivity index (χ1) is 24.6. The van der Waals surface area contributed by atoms with Gasteiger partial charge in [-0.15, -0.1) is 33.6 Å². The van der Waals surface area contributed by atoms with Gasteiger partial charge in [-0.3, -0.25) is 0 Å². The third-order valence-electron chi connectivity index (χ3n) is 7.75. The normalized spacial score (nSPS) is 11.4. The molecule has 0 spiro atoms. The van der Waals surface area contributed by atoms with E-state index in [4.69, 9.17) is 27.6 Å². The number of oxazole rings is 2. The molecule has 4 heterocycles. The van der Waals surface area contributed by atoms with Crippen LogP contribution in [0.4, 0.5) is 0 Å². The summed E-state index contributed by atoms with van der Waals surface area (Å²) in [6.07, 6.45) is 5.00. The maximum absolute atomic E-state index is 6.38. The highest BCUT2D eigenvalue weighted by molar-refractivity contribution is 7.98. The van der Waals surface area contributed by atoms with Crippen molar-refractivity contribution in [1.82, 2.24) is 30.4 Å². The summed E-state index contributed by atoms with van der Waals surface area (Å²) in [5.41, 5.74) is 8.42. The van der Waals surface area contributed by atoms with Gasteiger partial charge in [-0.05, 0) is 72.5 Å². The van der Waals surface area contributed by atoms with Gasteiger partial charge < -0.3 is 17.7 Å². The minimum absolute atomic E-state index is 0.410. The van der Waals surface area contributed by atoms with Gasteiger partial charge >= 0.3 is 0 Å². The van der Waals surface area contributed by atoms with E-state index >= 15 is 0 Å². The van der Waals surface area contributed by atoms with E-state index in [0.29, 0.717) is 69.5 Å². The molecule has 8 aromatic rings. The van der Waals surface area contributed by atoms with Crippen molar-refractivity contribution < 1.29 is 17.7 Å². The largest absolute Gasteiger partial charge is 0.431 e. The van der Waals surface area contributed by atoms with Crippen molar-refractivity contribution in [3.05, 3.63) is 133 Å². The molecular formula is C38H28N6O4S2. The molecule has 0 aliphatic carbocycles. The fourth-order valence-electron chi connectivity index (χ4n) is 5.50. The molecule has 0 atom stereocenters. The summed E-state index contributed by atoms with van der Waals surface area (Å²) in [6, 6.07) is 27.6. The second-order valence-corrected chi connectivity index (χ2v) is 13.1. The van der Waals surface area contributed by atoms with Crippen molar-refractivity contribution in [2.45, 2.75) is 34.8 Å². The zero-order valence-electron chi connectivity index (χ0n) is 26.6. The van der Waals surface area contributed by atoms with Crippen LogP contribution in [0.2, 0.25) is 0 Å². The Morgan fingerprint density at radius 3 is 1.70 bits per heavy atom. The summed E-state index contributed by atoms with van der Waals surface area (Å²) >= 11 is 2.79. The topological polar surface area (TPSA) is 130 Å². The zero-order chi connectivity index (χ0) is 33.9. The number of thioether (sulfide) groups is 2. The van der Waals surface area contributed by atoms with Crippen LogP contribution in [-0.4, -0.2) is 30.4 Å². The Balaban J connectivity index is 1.08. The number of benzene rings is 4. The van der Waals surface area contributed by atoms with Crippen molar-refractivity contribution in [1.29, 1.82) is 0 Å². The first-order valence-corrected chi connectivity index (χ1v) is 17.7. The predicted octanol–water partition coefficient (Wildman–Crippen LogP) is 9.78. The number of allylic oxidation sites excluding steroid dienone is 2. The van der Waals surface area contributed by atoms with Gasteiger partial charge in [0.05, 0.1) is 11.5 Å². The average Bonchev–Trinajstić information content (AvgIpc) is 3.97. The second kappa shape index (κ2) is 14.0. The Bertz CT molecular complexity index is 2450. The van der Waals surface area contributed by atoms with Gasteiger partial charge in [0.15, 0.2) is 11.2 Å². The Hall–Kier alpha value is -5.72. The van der Waals surface area contributed by atoms with Gasteiger partial charge in [0.2, 0.25) is 23.6 Å². The highest BCUT2D eigenvalue weighted by Crippen LogP contribution is 2.38. The van der Waals surface area contributed by atoms with E-state index in [-0.39, 0.29) is 0 Å². The van der Waals surface area contributed by atoms with Crippen molar-refractivity contribution in [3.8, 4) is 34.0 Å². The monoisotopic (exact) mass is 696 g/mol. The first kappa shape index (κ1) is 31.5. The van der Waals surface area contributed by atoms with Crippen molar-refractivity contribution in [3.63, 3.8) is 0 Å². The maximum Gasteiger partial charge on any atom is 0.257 e. The fourth-order valence-corrected chi connectivity index (χ4v) is 6.84. The lowest BCUT2D eigenvalue weighted by Crippen LogP contribution is -1.89. The van der Waals surface area contributed by atoms with E-state index in [1.165, 1.54) is 23.5 Å². The van der Waals surface area contributed by atoms with Crippen LogP contribution in [0.3, 0.4) is 0 Å². The highest BCUT2D eigenvalue weighted by Gasteiger charge is 2.20. The number of nitrogens with zero attached hydrogens (tertiary/aromatic N) is 6. The number of fused-ring (bicyclic) bond motifs is 2. The van der Waals surface area contributed by atoms with Gasteiger partial charge in [0, 0.05) is 22.3 Å². The van der Waals surface area contributed by atoms with Crippen LogP contribution in [0, 0.1) is 0 Å². The summed E-state index contributed by atoms with van der Waals surface area (Å²) in [7, 11) is 0. The lowest BCUT2D eigenvalue weighted by atomic mass is 9.97. The smallest absolute Gasteiger partial charge is 0.257 e. The van der Waals surface area contributed by atoms with Gasteiger partial charge in [-0.25, -0.2) is 9.97 Å². The van der Waals surface area contributed by atoms with E-state index in [2.05, 4.69) is 45.7 Å². The second-order valence-electron chi connectivity index (χ2n) is 11.2. The highest BCUT2D eigenvalue weighted by atomic mass is 32.2. The molecule has 246 valence electrons. The SMILES string of the molecule is C=CCc1cc(-c2cc(CC=C)c3oc(SCc4nnc(-c5ccccc5)o4)nc3c2)c2oc(SCc3nnc(-c4ccccc4)o3)nc2c1. The number of hydrogen-bond donors (Lipinski definition) is 0. The van der Waals surface area contributed by atoms with E-state index in [1.807, 2.05) is 84.9 Å². The molecule has 0 N–H and O–H groups in total. The van der Waals surface area contributed by atoms with Crippen LogP contribution < -0.4 is 0 Å². The van der Waals surface area contributed by atoms with Gasteiger partial charge in [0.25, 0.3) is 10.4 Å². The van der Waals surface area contributed by atoms with E-state index < -0.39 is 0 Å². The molecule has 50 heavy (non-hydrogen) atoms. The van der Waals surface area contributed by atoms with E-state index in [1.54, 1.807) is 0 Å². The maximum atomic E-state index is 6.38. The van der Waals surface area contributed by atoms with Crippen LogP contribution in [0.5, 0.6) is 0 Å². The summed E-state index contributed by atoms with van der Waals surface area (Å²) < 4.78 is 24.4. The lowest BCUT2D eigenvalue weighted by molar-refractivity contribution is 0.484. The molecule has 4 aromatic carbocycles. The number of aromatic nitrogens is 6. The molecule has 0 saturated heterocycles. The van der Waals surface area contributed by atoms with Crippen LogP contribution >= 0.6 is 23.5 Å². The summed E-state index contributed by atoms with van der Waals surface area (Å²) in [5, 5.41) is 17.8. The summed E-state index contributed by atoms with van der Waals surface area (Å²) in [4.78, 5) is 9.65. The zero-order valence-corrected chi connectivity index (χ0v) is 28.2. The predicted molar refractivity (Wildman–Crippen MR) is 193 cm³/mol. The van der Waals surface area contributed by atoms with Gasteiger partial charge in [0.1, 0.15) is 11.0 Å². The molecular weight excluding hydrogens is 669 g/mol. The molecule has 12 heteroatoms. The Morgan fingerprint density at radius 1 is 0.560 bits per heavy atom. The van der Waals surface area contributed by atoms with E-state index in [9.17, 15) is 0 Å². The molecule has 4 aromatic heterocycles. The van der Waals surface area contributed by atoms with E-state index in [0.717, 1.165) is 44.4 Å². The Morgan fingerprint density at radius 2 is 1.12 bits per heavy atom. The van der Waals surface area contributed by atoms with Crippen LogP contribution in [0.25, 0.3) is 56.2 Å². The number of hydrogen-bond acceptors (Lipinski definition) is 12. The molecule has 0 aliphatic rings. The third kappa shape index (κ3) is 6.63. The minimum atomic E-state index is 0.410. The van der Waals surface area contributed by atoms with Gasteiger partial charge in [-0.1, -0.05) is 72.1 Å². The van der Waals surface area contributed by atoms with Crippen LogP contribution in [0.15, 0.2) is 138 Å². The average molecular weight is 697 g/mol. The summed E-state index contributed by atoms with van der Waals surface area (Å²) in [6.45, 7) is 7.92. The van der Waals surface area contributed by atoms with Crippen molar-refractivity contribution >= 4 is 45.7 Å². The molecule has 0 radical (unpaired) electrons. The van der Waals surface area contributed by atoms with Gasteiger partial charge in [-0.2, -0.15) is 0 Å². The standard InChI is InChI=1S/C38H28N6O4S2/c1-3-11-23-17-28(34-29(18-23)39-38(48-34)50-22-32-42-44-36(46-32)25-15-9-6-10-16-25)27-19-26(12-4-2)33-30(20-27)40-37(47-33)49-21-31-41-43-35(45-31)24-13-7-5-8-14-24/h3-10,13-20H,1-2,11-12,21-22H2. The number of rotatable bonds is 13. The molecule has 0 fully saturated rings. The Kier molecular flexibility index (Phi) is 8.85. The lowest BCUT2D eigenvalue weighted by Gasteiger charge is -2.08. The first-order valence-electron chi connectivity index (χ1n) is 15.7. The Labute approximate surface area is 294 Å². The molecule has 0 amide bonds. The van der Waals surface area contributed by atoms with Crippen LogP contribution in [0.1, 0.15) is 22.9 Å². The molecule has 0 bridgehead atoms. The quantitative estimate of drug-likeness (QED) is 0.0840. The molecule has 8 rings (SSSR count). The summed E-state index contributed by atoms with van der Waals surface area (Å²) in [5.74, 6) is 2.74. The van der Waals surface area contributed by atoms with Crippen LogP contribution in [-0.2, 0) is 24.3 Å². The molecule has 0 unspecified atom stereocenters. The molecule has 0 aliphatic heterocycles.